The Morgan fingerprint density at radius 1 is 1.12 bits per heavy atom. The van der Waals surface area contributed by atoms with E-state index < -0.39 is 7.82 Å². The summed E-state index contributed by atoms with van der Waals surface area (Å²) in [6.45, 7) is 0. The normalized spacial score (nSPS) is 7.38. The first kappa shape index (κ1) is 22.9. The Morgan fingerprint density at radius 2 is 1.12 bits per heavy atom. The first-order valence-corrected chi connectivity index (χ1v) is 2.35. The molecule has 0 rings (SSSR count). The molecule has 0 fully saturated rings. The van der Waals surface area contributed by atoms with Gasteiger partial charge >= 0.3 is 7.82 Å². The third-order valence-electron chi connectivity index (χ3n) is 0. The summed E-state index contributed by atoms with van der Waals surface area (Å²) in [7, 11) is -4.64. The summed E-state index contributed by atoms with van der Waals surface area (Å²) in [5.41, 5.74) is 0. The molecule has 0 aromatic carbocycles. The molecule has 0 atom stereocenters. The summed E-state index contributed by atoms with van der Waals surface area (Å²) < 4.78 is 8.88. The number of hydrogen-bond acceptors (Lipinski definition) is 1. The van der Waals surface area contributed by atoms with Crippen LogP contribution in [0.1, 0.15) is 7.43 Å². The molecule has 0 heterocycles. The van der Waals surface area contributed by atoms with E-state index in [1.54, 1.807) is 0 Å². The van der Waals surface area contributed by atoms with Crippen LogP contribution in [0.2, 0.25) is 0 Å². The first-order valence-electron chi connectivity index (χ1n) is 0.783. The molecule has 7 heteroatoms. The van der Waals surface area contributed by atoms with Crippen LogP contribution in [0.3, 0.4) is 0 Å². The third kappa shape index (κ3) is 205. The fraction of sp³-hybridized carbons (Fsp3) is 1.00. The summed E-state index contributed by atoms with van der Waals surface area (Å²) in [5, 5.41) is 0. The van der Waals surface area contributed by atoms with Crippen LogP contribution in [-0.4, -0.2) is 14.7 Å². The second kappa shape index (κ2) is 8.15. The van der Waals surface area contributed by atoms with Crippen molar-refractivity contribution in [3.05, 3.63) is 0 Å². The number of phosphoric acid groups is 1. The average Bonchev–Trinajstić information content (AvgIpc) is 0.722. The SMILES string of the molecule is C.O=P(O)(O)O.[Fe].[Mn]. The van der Waals surface area contributed by atoms with Crippen molar-refractivity contribution in [2.45, 2.75) is 7.43 Å². The summed E-state index contributed by atoms with van der Waals surface area (Å²) in [4.78, 5) is 21.6. The van der Waals surface area contributed by atoms with E-state index in [4.69, 9.17) is 19.2 Å². The monoisotopic (exact) mass is 225 g/mol. The number of hydrogen-bond donors (Lipinski definition) is 3. The molecule has 3 N–H and O–H groups in total. The third-order valence-corrected chi connectivity index (χ3v) is 0. The van der Waals surface area contributed by atoms with Gasteiger partial charge in [0.05, 0.1) is 0 Å². The van der Waals surface area contributed by atoms with E-state index in [0.29, 0.717) is 0 Å². The predicted molar refractivity (Wildman–Crippen MR) is 21.0 cm³/mol. The minimum atomic E-state index is -4.64. The van der Waals surface area contributed by atoms with Crippen molar-refractivity contribution in [2.24, 2.45) is 0 Å². The zero-order valence-electron chi connectivity index (χ0n) is 2.93. The minimum absolute atomic E-state index is 0. The average molecular weight is 225 g/mol. The summed E-state index contributed by atoms with van der Waals surface area (Å²) >= 11 is 0. The quantitative estimate of drug-likeness (QED) is 0.390. The van der Waals surface area contributed by atoms with E-state index in [-0.39, 0.29) is 41.6 Å². The molecule has 1 radical (unpaired) electrons. The van der Waals surface area contributed by atoms with Crippen molar-refractivity contribution < 1.29 is 53.4 Å². The largest absolute Gasteiger partial charge is 0.466 e. The zero-order valence-corrected chi connectivity index (χ0v) is 6.11. The van der Waals surface area contributed by atoms with E-state index in [2.05, 4.69) is 0 Å². The van der Waals surface area contributed by atoms with Gasteiger partial charge in [-0.2, -0.15) is 0 Å². The Morgan fingerprint density at radius 3 is 1.12 bits per heavy atom. The number of rotatable bonds is 0. The van der Waals surface area contributed by atoms with Crippen molar-refractivity contribution in [2.75, 3.05) is 0 Å². The van der Waals surface area contributed by atoms with Crippen LogP contribution in [0.25, 0.3) is 0 Å². The van der Waals surface area contributed by atoms with E-state index >= 15 is 0 Å². The van der Waals surface area contributed by atoms with Gasteiger partial charge in [-0.3, -0.25) is 0 Å². The van der Waals surface area contributed by atoms with Gasteiger partial charge in [0.15, 0.2) is 0 Å². The molecular formula is CH7FeMnO4P. The van der Waals surface area contributed by atoms with E-state index in [0.717, 1.165) is 0 Å². The maximum absolute atomic E-state index is 8.88. The van der Waals surface area contributed by atoms with Gasteiger partial charge in [-0.15, -0.1) is 0 Å². The molecule has 0 spiro atoms. The molecule has 8 heavy (non-hydrogen) atoms. The van der Waals surface area contributed by atoms with Gasteiger partial charge in [0.25, 0.3) is 0 Å². The summed E-state index contributed by atoms with van der Waals surface area (Å²) in [6.07, 6.45) is 0. The van der Waals surface area contributed by atoms with E-state index in [9.17, 15) is 0 Å². The van der Waals surface area contributed by atoms with Crippen LogP contribution in [0.15, 0.2) is 0 Å². The Balaban J connectivity index is -0.0000000267. The minimum Gasteiger partial charge on any atom is -0.303 e. The topological polar surface area (TPSA) is 77.8 Å². The van der Waals surface area contributed by atoms with E-state index in [1.807, 2.05) is 0 Å². The van der Waals surface area contributed by atoms with Gasteiger partial charge in [-0.05, 0) is 0 Å². The van der Waals surface area contributed by atoms with Gasteiger partial charge in [-0.25, -0.2) is 4.57 Å². The Hall–Kier alpha value is 1.15. The summed E-state index contributed by atoms with van der Waals surface area (Å²) in [6, 6.07) is 0. The molecule has 0 aromatic heterocycles. The van der Waals surface area contributed by atoms with Crippen molar-refractivity contribution >= 4 is 7.82 Å². The molecular weight excluding hydrogens is 218 g/mol. The smallest absolute Gasteiger partial charge is 0.303 e. The van der Waals surface area contributed by atoms with Crippen molar-refractivity contribution in [1.82, 2.24) is 0 Å². The Kier molecular flexibility index (Phi) is 23.3. The second-order valence-electron chi connectivity index (χ2n) is 0.513. The van der Waals surface area contributed by atoms with Crippen molar-refractivity contribution in [1.29, 1.82) is 0 Å². The molecule has 0 saturated heterocycles. The van der Waals surface area contributed by atoms with Gasteiger partial charge in [0.1, 0.15) is 0 Å². The fourth-order valence-corrected chi connectivity index (χ4v) is 0. The van der Waals surface area contributed by atoms with Crippen molar-refractivity contribution in [3.63, 3.8) is 0 Å². The first-order chi connectivity index (χ1) is 2.00. The van der Waals surface area contributed by atoms with Crippen LogP contribution in [0, 0.1) is 0 Å². The van der Waals surface area contributed by atoms with Gasteiger partial charge in [0.2, 0.25) is 0 Å². The Labute approximate surface area is 68.9 Å². The predicted octanol–water partition coefficient (Wildman–Crippen LogP) is -0.298. The van der Waals surface area contributed by atoms with Gasteiger partial charge in [-0.1, -0.05) is 7.43 Å². The maximum atomic E-state index is 8.88. The molecule has 0 amide bonds. The molecule has 4 nitrogen and oxygen atoms in total. The summed E-state index contributed by atoms with van der Waals surface area (Å²) in [5.74, 6) is 0. The van der Waals surface area contributed by atoms with E-state index in [1.165, 1.54) is 0 Å². The Bertz CT molecular complexity index is 62.2. The molecule has 55 valence electrons. The molecule has 0 aromatic rings. The van der Waals surface area contributed by atoms with Crippen molar-refractivity contribution in [3.8, 4) is 0 Å². The molecule has 0 aliphatic heterocycles. The van der Waals surface area contributed by atoms with Crippen LogP contribution >= 0.6 is 7.82 Å². The van der Waals surface area contributed by atoms with Crippen LogP contribution < -0.4 is 0 Å². The van der Waals surface area contributed by atoms with Gasteiger partial charge in [0, 0.05) is 34.1 Å². The van der Waals surface area contributed by atoms with Crippen LogP contribution in [-0.2, 0) is 38.7 Å². The molecule has 0 aliphatic carbocycles. The van der Waals surface area contributed by atoms with Crippen LogP contribution in [0.5, 0.6) is 0 Å². The standard InChI is InChI=1S/CH4.Fe.Mn.H3O4P/c;;;1-5(2,3)4/h1H4;;;(H3,1,2,3,4). The molecule has 0 saturated carbocycles. The zero-order chi connectivity index (χ0) is 4.50. The fourth-order valence-electron chi connectivity index (χ4n) is 0. The molecule has 0 bridgehead atoms. The second-order valence-corrected chi connectivity index (χ2v) is 1.54. The molecule has 0 aliphatic rings. The molecule has 0 unspecified atom stereocenters. The van der Waals surface area contributed by atoms with Gasteiger partial charge < -0.3 is 14.7 Å². The maximum Gasteiger partial charge on any atom is 0.466 e. The van der Waals surface area contributed by atoms with Crippen LogP contribution in [0.4, 0.5) is 0 Å².